The molecular weight excluding hydrogens is 292 g/mol. The summed E-state index contributed by atoms with van der Waals surface area (Å²) in [5.41, 5.74) is 1.01. The Labute approximate surface area is 135 Å². The van der Waals surface area contributed by atoms with Gasteiger partial charge in [-0.25, -0.2) is 0 Å². The van der Waals surface area contributed by atoms with Crippen LogP contribution in [0.15, 0.2) is 30.6 Å². The quantitative estimate of drug-likeness (QED) is 0.920. The van der Waals surface area contributed by atoms with Gasteiger partial charge in [-0.05, 0) is 39.1 Å². The summed E-state index contributed by atoms with van der Waals surface area (Å²) in [7, 11) is 3.86. The zero-order valence-corrected chi connectivity index (χ0v) is 13.6. The Bertz CT molecular complexity index is 713. The maximum absolute atomic E-state index is 12.9. The van der Waals surface area contributed by atoms with E-state index in [2.05, 4.69) is 9.97 Å². The molecule has 122 valence electrons. The molecular formula is C17H22N4O2. The number of aliphatic hydroxyl groups is 1. The number of fused-ring (bicyclic) bond motifs is 1. The number of amides is 1. The lowest BCUT2D eigenvalue weighted by molar-refractivity contribution is -0.0391. The predicted molar refractivity (Wildman–Crippen MR) is 88.2 cm³/mol. The van der Waals surface area contributed by atoms with Crippen molar-refractivity contribution in [1.29, 1.82) is 0 Å². The lowest BCUT2D eigenvalue weighted by Crippen LogP contribution is -2.54. The molecule has 1 aliphatic heterocycles. The molecule has 6 nitrogen and oxygen atoms in total. The maximum atomic E-state index is 12.9. The molecule has 0 aliphatic carbocycles. The summed E-state index contributed by atoms with van der Waals surface area (Å²) in [6.45, 7) is 1.55. The zero-order valence-electron chi connectivity index (χ0n) is 13.6. The minimum atomic E-state index is -0.853. The highest BCUT2D eigenvalue weighted by Crippen LogP contribution is 2.24. The Balaban J connectivity index is 1.87. The molecule has 3 rings (SSSR count). The van der Waals surface area contributed by atoms with Gasteiger partial charge in [0, 0.05) is 25.5 Å². The molecule has 1 fully saturated rings. The summed E-state index contributed by atoms with van der Waals surface area (Å²) in [6, 6.07) is 5.44. The van der Waals surface area contributed by atoms with Crippen molar-refractivity contribution in [3.8, 4) is 0 Å². The first-order valence-electron chi connectivity index (χ1n) is 7.85. The van der Waals surface area contributed by atoms with Crippen molar-refractivity contribution < 1.29 is 9.90 Å². The molecule has 2 aromatic rings. The van der Waals surface area contributed by atoms with Crippen molar-refractivity contribution in [3.63, 3.8) is 0 Å². The number of piperidine rings is 1. The largest absolute Gasteiger partial charge is 0.387 e. The van der Waals surface area contributed by atoms with Crippen LogP contribution in [0.1, 0.15) is 23.2 Å². The molecule has 6 heteroatoms. The number of aromatic nitrogens is 2. The van der Waals surface area contributed by atoms with Gasteiger partial charge in [-0.1, -0.05) is 6.07 Å². The van der Waals surface area contributed by atoms with E-state index in [1.807, 2.05) is 31.1 Å². The van der Waals surface area contributed by atoms with Gasteiger partial charge in [0.05, 0.1) is 23.2 Å². The van der Waals surface area contributed by atoms with Crippen molar-refractivity contribution in [2.24, 2.45) is 0 Å². The van der Waals surface area contributed by atoms with E-state index < -0.39 is 5.60 Å². The van der Waals surface area contributed by atoms with E-state index in [0.29, 0.717) is 42.7 Å². The first-order valence-corrected chi connectivity index (χ1v) is 7.85. The van der Waals surface area contributed by atoms with Gasteiger partial charge in [0.1, 0.15) is 5.52 Å². The molecule has 0 bridgehead atoms. The standard InChI is InChI=1S/C17H22N4O2/c1-20(2)11-17(23)7-4-10-21(12-17)16(22)13-5-3-6-14-15(13)19-9-8-18-14/h3,5-6,8-9,23H,4,7,10-12H2,1-2H3/t17-/m0/s1. The lowest BCUT2D eigenvalue weighted by atomic mass is 9.92. The van der Waals surface area contributed by atoms with E-state index in [1.54, 1.807) is 23.4 Å². The van der Waals surface area contributed by atoms with Crippen LogP contribution in [0.25, 0.3) is 11.0 Å². The monoisotopic (exact) mass is 314 g/mol. The van der Waals surface area contributed by atoms with E-state index in [9.17, 15) is 9.90 Å². The highest BCUT2D eigenvalue weighted by atomic mass is 16.3. The summed E-state index contributed by atoms with van der Waals surface area (Å²) in [6.07, 6.45) is 4.72. The molecule has 1 aromatic carbocycles. The number of hydrogen-bond acceptors (Lipinski definition) is 5. The van der Waals surface area contributed by atoms with E-state index in [0.717, 1.165) is 6.42 Å². The Kier molecular flexibility index (Phi) is 4.28. The highest BCUT2D eigenvalue weighted by Gasteiger charge is 2.36. The summed E-state index contributed by atoms with van der Waals surface area (Å²) in [5, 5.41) is 10.8. The van der Waals surface area contributed by atoms with Crippen LogP contribution in [0.2, 0.25) is 0 Å². The summed E-state index contributed by atoms with van der Waals surface area (Å²) in [5.74, 6) is -0.0898. The Morgan fingerprint density at radius 2 is 2.13 bits per heavy atom. The highest BCUT2D eigenvalue weighted by molar-refractivity contribution is 6.04. The number of nitrogens with zero attached hydrogens (tertiary/aromatic N) is 4. The average Bonchev–Trinajstić information content (AvgIpc) is 2.52. The van der Waals surface area contributed by atoms with E-state index in [1.165, 1.54) is 0 Å². The normalized spacial score (nSPS) is 21.8. The fourth-order valence-electron chi connectivity index (χ4n) is 3.34. The van der Waals surface area contributed by atoms with Crippen LogP contribution in [0, 0.1) is 0 Å². The molecule has 1 amide bonds. The molecule has 0 spiro atoms. The molecule has 1 N–H and O–H groups in total. The molecule has 0 saturated carbocycles. The fraction of sp³-hybridized carbons (Fsp3) is 0.471. The first kappa shape index (κ1) is 15.8. The number of hydrogen-bond donors (Lipinski definition) is 1. The Morgan fingerprint density at radius 3 is 2.91 bits per heavy atom. The van der Waals surface area contributed by atoms with Gasteiger partial charge in [0.25, 0.3) is 5.91 Å². The second-order valence-corrected chi connectivity index (χ2v) is 6.52. The number of benzene rings is 1. The first-order chi connectivity index (χ1) is 11.0. The Morgan fingerprint density at radius 1 is 1.35 bits per heavy atom. The van der Waals surface area contributed by atoms with Gasteiger partial charge >= 0.3 is 0 Å². The van der Waals surface area contributed by atoms with Crippen molar-refractivity contribution in [2.45, 2.75) is 18.4 Å². The third kappa shape index (κ3) is 3.33. The SMILES string of the molecule is CN(C)C[C@@]1(O)CCCN(C(=O)c2cccc3nccnc23)C1. The van der Waals surface area contributed by atoms with Crippen LogP contribution in [0.4, 0.5) is 0 Å². The topological polar surface area (TPSA) is 69.6 Å². The van der Waals surface area contributed by atoms with Crippen molar-refractivity contribution >= 4 is 16.9 Å². The maximum Gasteiger partial charge on any atom is 0.256 e. The Hall–Kier alpha value is -2.05. The van der Waals surface area contributed by atoms with Crippen molar-refractivity contribution in [1.82, 2.24) is 19.8 Å². The van der Waals surface area contributed by atoms with E-state index >= 15 is 0 Å². The van der Waals surface area contributed by atoms with E-state index in [4.69, 9.17) is 0 Å². The van der Waals surface area contributed by atoms with Crippen LogP contribution < -0.4 is 0 Å². The molecule has 2 heterocycles. The number of likely N-dealkylation sites (N-methyl/N-ethyl adjacent to an activating group) is 1. The molecule has 1 atom stereocenters. The molecule has 1 aliphatic rings. The number of para-hydroxylation sites is 1. The van der Waals surface area contributed by atoms with Crippen LogP contribution in [0.5, 0.6) is 0 Å². The number of carbonyl (C=O) groups excluding carboxylic acids is 1. The number of β-amino-alcohol motifs (C(OH)–C–C–N with tert-alkyl or cyclic N) is 1. The molecule has 0 radical (unpaired) electrons. The summed E-state index contributed by atoms with van der Waals surface area (Å²) >= 11 is 0. The van der Waals surface area contributed by atoms with Crippen LogP contribution in [-0.2, 0) is 0 Å². The van der Waals surface area contributed by atoms with Crippen molar-refractivity contribution in [2.75, 3.05) is 33.7 Å². The molecule has 23 heavy (non-hydrogen) atoms. The molecule has 1 saturated heterocycles. The average molecular weight is 314 g/mol. The minimum absolute atomic E-state index is 0.0898. The van der Waals surface area contributed by atoms with Crippen LogP contribution >= 0.6 is 0 Å². The van der Waals surface area contributed by atoms with Gasteiger partial charge in [-0.3, -0.25) is 14.8 Å². The van der Waals surface area contributed by atoms with Gasteiger partial charge < -0.3 is 14.9 Å². The zero-order chi connectivity index (χ0) is 16.4. The predicted octanol–water partition coefficient (Wildman–Crippen LogP) is 1.16. The third-order valence-corrected chi connectivity index (χ3v) is 4.18. The minimum Gasteiger partial charge on any atom is -0.387 e. The van der Waals surface area contributed by atoms with Crippen LogP contribution in [0.3, 0.4) is 0 Å². The van der Waals surface area contributed by atoms with Gasteiger partial charge in [0.15, 0.2) is 0 Å². The molecule has 0 unspecified atom stereocenters. The van der Waals surface area contributed by atoms with Gasteiger partial charge in [0.2, 0.25) is 0 Å². The summed E-state index contributed by atoms with van der Waals surface area (Å²) < 4.78 is 0. The van der Waals surface area contributed by atoms with Crippen LogP contribution in [-0.4, -0.2) is 70.1 Å². The second-order valence-electron chi connectivity index (χ2n) is 6.52. The second kappa shape index (κ2) is 6.22. The number of carbonyl (C=O) groups is 1. The van der Waals surface area contributed by atoms with Crippen molar-refractivity contribution in [3.05, 3.63) is 36.2 Å². The third-order valence-electron chi connectivity index (χ3n) is 4.18. The lowest BCUT2D eigenvalue weighted by Gasteiger charge is -2.40. The number of likely N-dealkylation sites (tertiary alicyclic amines) is 1. The van der Waals surface area contributed by atoms with E-state index in [-0.39, 0.29) is 5.91 Å². The summed E-state index contributed by atoms with van der Waals surface area (Å²) in [4.78, 5) is 25.2. The van der Waals surface area contributed by atoms with Gasteiger partial charge in [-0.2, -0.15) is 0 Å². The van der Waals surface area contributed by atoms with Gasteiger partial charge in [-0.15, -0.1) is 0 Å². The number of rotatable bonds is 3. The smallest absolute Gasteiger partial charge is 0.256 e. The molecule has 1 aromatic heterocycles. The fourth-order valence-corrected chi connectivity index (χ4v) is 3.34.